The second kappa shape index (κ2) is 4.76. The fourth-order valence-corrected chi connectivity index (χ4v) is 4.00. The van der Waals surface area contributed by atoms with Gasteiger partial charge < -0.3 is 0 Å². The van der Waals surface area contributed by atoms with Gasteiger partial charge in [-0.2, -0.15) is 0 Å². The van der Waals surface area contributed by atoms with Gasteiger partial charge in [0.1, 0.15) is 0 Å². The van der Waals surface area contributed by atoms with Crippen LogP contribution in [0.1, 0.15) is 30.7 Å². The van der Waals surface area contributed by atoms with E-state index in [4.69, 9.17) is 0 Å². The van der Waals surface area contributed by atoms with E-state index >= 15 is 0 Å². The number of hydrogen-bond donors (Lipinski definition) is 1. The number of carbonyl (C=O) groups excluding carboxylic acids is 2. The van der Waals surface area contributed by atoms with Crippen LogP contribution in [0.4, 0.5) is 0 Å². The van der Waals surface area contributed by atoms with Gasteiger partial charge in [0.05, 0.1) is 0 Å². The third kappa shape index (κ3) is 2.17. The number of nitrogens with one attached hydrogen (secondary N) is 1. The number of thioether (sulfide) groups is 1. The Labute approximate surface area is 110 Å². The standard InChI is InChI=1S/C14H15NO2S/c16-13-6-5-9(14(17)15-13)7-10-8-18-12-4-2-1-3-11(10)12/h1-4,9-10H,5-8H2,(H,15,16,17). The Morgan fingerprint density at radius 3 is 2.89 bits per heavy atom. The molecule has 2 amide bonds. The quantitative estimate of drug-likeness (QED) is 0.831. The average Bonchev–Trinajstić information content (AvgIpc) is 2.76. The predicted octanol–water partition coefficient (Wildman–Crippen LogP) is 2.32. The highest BCUT2D eigenvalue weighted by Crippen LogP contribution is 2.43. The summed E-state index contributed by atoms with van der Waals surface area (Å²) < 4.78 is 0. The lowest BCUT2D eigenvalue weighted by molar-refractivity contribution is -0.136. The van der Waals surface area contributed by atoms with Crippen molar-refractivity contribution < 1.29 is 9.59 Å². The molecule has 1 fully saturated rings. The maximum absolute atomic E-state index is 11.8. The molecule has 0 spiro atoms. The summed E-state index contributed by atoms with van der Waals surface area (Å²) in [7, 11) is 0. The largest absolute Gasteiger partial charge is 0.296 e. The van der Waals surface area contributed by atoms with Crippen molar-refractivity contribution in [2.24, 2.45) is 5.92 Å². The zero-order valence-electron chi connectivity index (χ0n) is 10.0. The normalized spacial score (nSPS) is 26.9. The van der Waals surface area contributed by atoms with Crippen LogP contribution in [0.15, 0.2) is 29.2 Å². The highest BCUT2D eigenvalue weighted by Gasteiger charge is 2.32. The van der Waals surface area contributed by atoms with Gasteiger partial charge in [0.15, 0.2) is 0 Å². The smallest absolute Gasteiger partial charge is 0.229 e. The lowest BCUT2D eigenvalue weighted by atomic mass is 9.85. The third-order valence-electron chi connectivity index (χ3n) is 3.72. The molecular formula is C14H15NO2S. The maximum Gasteiger partial charge on any atom is 0.229 e. The highest BCUT2D eigenvalue weighted by molar-refractivity contribution is 7.99. The molecule has 94 valence electrons. The molecule has 1 N–H and O–H groups in total. The molecule has 0 aliphatic carbocycles. The van der Waals surface area contributed by atoms with E-state index < -0.39 is 0 Å². The van der Waals surface area contributed by atoms with Crippen molar-refractivity contribution in [2.45, 2.75) is 30.1 Å². The van der Waals surface area contributed by atoms with Gasteiger partial charge in [-0.05, 0) is 30.4 Å². The van der Waals surface area contributed by atoms with Crippen LogP contribution in [-0.4, -0.2) is 17.6 Å². The molecule has 0 radical (unpaired) electrons. The van der Waals surface area contributed by atoms with Gasteiger partial charge in [-0.15, -0.1) is 11.8 Å². The SMILES string of the molecule is O=C1CCC(CC2CSc3ccccc32)C(=O)N1. The summed E-state index contributed by atoms with van der Waals surface area (Å²) in [5.41, 5.74) is 1.37. The van der Waals surface area contributed by atoms with Crippen LogP contribution >= 0.6 is 11.8 Å². The Balaban J connectivity index is 1.71. The first-order chi connectivity index (χ1) is 8.74. The van der Waals surface area contributed by atoms with Crippen LogP contribution in [0.25, 0.3) is 0 Å². The molecule has 0 bridgehead atoms. The first-order valence-electron chi connectivity index (χ1n) is 6.29. The summed E-state index contributed by atoms with van der Waals surface area (Å²) in [4.78, 5) is 24.2. The molecule has 3 rings (SSSR count). The van der Waals surface area contributed by atoms with Crippen molar-refractivity contribution in [3.05, 3.63) is 29.8 Å². The van der Waals surface area contributed by atoms with Crippen molar-refractivity contribution in [1.29, 1.82) is 0 Å². The number of hydrogen-bond acceptors (Lipinski definition) is 3. The molecule has 18 heavy (non-hydrogen) atoms. The first-order valence-corrected chi connectivity index (χ1v) is 7.28. The van der Waals surface area contributed by atoms with Crippen molar-refractivity contribution in [3.8, 4) is 0 Å². The fraction of sp³-hybridized carbons (Fsp3) is 0.429. The molecule has 2 atom stereocenters. The third-order valence-corrected chi connectivity index (χ3v) is 4.97. The van der Waals surface area contributed by atoms with E-state index in [9.17, 15) is 9.59 Å². The molecule has 1 aromatic carbocycles. The molecule has 2 heterocycles. The van der Waals surface area contributed by atoms with Crippen molar-refractivity contribution in [2.75, 3.05) is 5.75 Å². The monoisotopic (exact) mass is 261 g/mol. The summed E-state index contributed by atoms with van der Waals surface area (Å²) in [6.45, 7) is 0. The van der Waals surface area contributed by atoms with Crippen LogP contribution in [-0.2, 0) is 9.59 Å². The summed E-state index contributed by atoms with van der Waals surface area (Å²) in [6.07, 6.45) is 2.05. The average molecular weight is 261 g/mol. The van der Waals surface area contributed by atoms with Crippen LogP contribution in [0.3, 0.4) is 0 Å². The molecule has 1 aromatic rings. The molecule has 1 saturated heterocycles. The molecular weight excluding hydrogens is 246 g/mol. The zero-order chi connectivity index (χ0) is 12.5. The van der Waals surface area contributed by atoms with Crippen LogP contribution in [0, 0.1) is 5.92 Å². The van der Waals surface area contributed by atoms with E-state index in [2.05, 4.69) is 29.6 Å². The summed E-state index contributed by atoms with van der Waals surface area (Å²) in [6, 6.07) is 8.42. The van der Waals surface area contributed by atoms with E-state index in [1.807, 2.05) is 11.8 Å². The second-order valence-corrected chi connectivity index (χ2v) is 5.99. The Kier molecular flexibility index (Phi) is 3.12. The fourth-order valence-electron chi connectivity index (χ4n) is 2.73. The number of rotatable bonds is 2. The van der Waals surface area contributed by atoms with Crippen LogP contribution < -0.4 is 5.32 Å². The summed E-state index contributed by atoms with van der Waals surface area (Å²) >= 11 is 1.87. The maximum atomic E-state index is 11.8. The Bertz CT molecular complexity index is 500. The Morgan fingerprint density at radius 1 is 1.22 bits per heavy atom. The number of imide groups is 1. The lowest BCUT2D eigenvalue weighted by Gasteiger charge is -2.23. The number of fused-ring (bicyclic) bond motifs is 1. The van der Waals surface area contributed by atoms with E-state index in [0.29, 0.717) is 18.8 Å². The topological polar surface area (TPSA) is 46.2 Å². The number of benzene rings is 1. The van der Waals surface area contributed by atoms with E-state index in [0.717, 1.165) is 12.2 Å². The first kappa shape index (κ1) is 11.8. The van der Waals surface area contributed by atoms with Gasteiger partial charge >= 0.3 is 0 Å². The minimum atomic E-state index is -0.127. The number of carbonyl (C=O) groups is 2. The molecule has 3 nitrogen and oxygen atoms in total. The van der Waals surface area contributed by atoms with Gasteiger partial charge in [0.25, 0.3) is 0 Å². The van der Waals surface area contributed by atoms with E-state index in [1.54, 1.807) is 0 Å². The van der Waals surface area contributed by atoms with Gasteiger partial charge in [-0.3, -0.25) is 14.9 Å². The summed E-state index contributed by atoms with van der Waals surface area (Å²) in [5, 5.41) is 2.44. The molecule has 0 aromatic heterocycles. The molecule has 2 aliphatic rings. The second-order valence-electron chi connectivity index (χ2n) is 4.93. The minimum absolute atomic E-state index is 0.000504. The molecule has 4 heteroatoms. The highest BCUT2D eigenvalue weighted by atomic mass is 32.2. The van der Waals surface area contributed by atoms with Crippen LogP contribution in [0.5, 0.6) is 0 Å². The van der Waals surface area contributed by atoms with Gasteiger partial charge in [0.2, 0.25) is 11.8 Å². The van der Waals surface area contributed by atoms with Crippen molar-refractivity contribution in [1.82, 2.24) is 5.32 Å². The van der Waals surface area contributed by atoms with E-state index in [-0.39, 0.29) is 17.7 Å². The van der Waals surface area contributed by atoms with Crippen LogP contribution in [0.2, 0.25) is 0 Å². The lowest BCUT2D eigenvalue weighted by Crippen LogP contribution is -2.41. The molecule has 2 aliphatic heterocycles. The molecule has 0 saturated carbocycles. The number of piperidine rings is 1. The van der Waals surface area contributed by atoms with E-state index in [1.165, 1.54) is 10.5 Å². The zero-order valence-corrected chi connectivity index (χ0v) is 10.8. The molecule has 2 unspecified atom stereocenters. The Morgan fingerprint density at radius 2 is 2.06 bits per heavy atom. The van der Waals surface area contributed by atoms with Crippen molar-refractivity contribution >= 4 is 23.6 Å². The van der Waals surface area contributed by atoms with Gasteiger partial charge in [-0.25, -0.2) is 0 Å². The van der Waals surface area contributed by atoms with Gasteiger partial charge in [0, 0.05) is 23.0 Å². The number of amides is 2. The predicted molar refractivity (Wildman–Crippen MR) is 70.4 cm³/mol. The summed E-state index contributed by atoms with van der Waals surface area (Å²) in [5.74, 6) is 1.30. The Hall–Kier alpha value is -1.29. The van der Waals surface area contributed by atoms with Gasteiger partial charge in [-0.1, -0.05) is 18.2 Å². The minimum Gasteiger partial charge on any atom is -0.296 e. The van der Waals surface area contributed by atoms with Crippen molar-refractivity contribution in [3.63, 3.8) is 0 Å².